The molecule has 1 N–H and O–H groups in total. The zero-order chi connectivity index (χ0) is 15.7. The summed E-state index contributed by atoms with van der Waals surface area (Å²) in [5.74, 6) is 1.16. The Morgan fingerprint density at radius 2 is 1.77 bits per heavy atom. The van der Waals surface area contributed by atoms with E-state index in [2.05, 4.69) is 17.7 Å². The Hall–Kier alpha value is -1.30. The topological polar surface area (TPSA) is 46.2 Å². The lowest BCUT2D eigenvalue weighted by Gasteiger charge is -2.31. The molecule has 2 unspecified atom stereocenters. The molecule has 0 amide bonds. The van der Waals surface area contributed by atoms with Crippen LogP contribution in [-0.4, -0.2) is 14.2 Å². The normalized spacial score (nSPS) is 21.4. The third-order valence-electron chi connectivity index (χ3n) is 3.94. The van der Waals surface area contributed by atoms with Gasteiger partial charge in [0.2, 0.25) is 10.0 Å². The maximum Gasteiger partial charge on any atom is 0.241 e. The van der Waals surface area contributed by atoms with Crippen LogP contribution >= 0.6 is 11.8 Å². The first-order valence-corrected chi connectivity index (χ1v) is 9.75. The van der Waals surface area contributed by atoms with Gasteiger partial charge in [-0.25, -0.2) is 13.1 Å². The number of thioether (sulfide) groups is 1. The van der Waals surface area contributed by atoms with Gasteiger partial charge in [-0.1, -0.05) is 42.8 Å². The number of rotatable bonds is 3. The van der Waals surface area contributed by atoms with E-state index in [0.717, 1.165) is 21.8 Å². The summed E-state index contributed by atoms with van der Waals surface area (Å²) in [5.41, 5.74) is 2.12. The predicted molar refractivity (Wildman–Crippen MR) is 90.6 cm³/mol. The van der Waals surface area contributed by atoms with Gasteiger partial charge in [0.15, 0.2) is 0 Å². The first-order valence-electron chi connectivity index (χ1n) is 7.28. The van der Waals surface area contributed by atoms with Crippen molar-refractivity contribution in [3.63, 3.8) is 0 Å². The van der Waals surface area contributed by atoms with Crippen molar-refractivity contribution in [1.82, 2.24) is 4.72 Å². The van der Waals surface area contributed by atoms with Gasteiger partial charge in [-0.3, -0.25) is 0 Å². The zero-order valence-electron chi connectivity index (χ0n) is 12.6. The van der Waals surface area contributed by atoms with Crippen molar-refractivity contribution in [2.24, 2.45) is 5.92 Å². The smallest absolute Gasteiger partial charge is 0.207 e. The van der Waals surface area contributed by atoms with Crippen molar-refractivity contribution in [1.29, 1.82) is 0 Å². The van der Waals surface area contributed by atoms with E-state index in [1.807, 2.05) is 37.3 Å². The molecule has 0 saturated carbocycles. The fourth-order valence-electron chi connectivity index (χ4n) is 2.63. The van der Waals surface area contributed by atoms with Gasteiger partial charge in [0.25, 0.3) is 0 Å². The molecule has 2 aromatic carbocycles. The van der Waals surface area contributed by atoms with E-state index < -0.39 is 10.0 Å². The van der Waals surface area contributed by atoms with Gasteiger partial charge in [0.1, 0.15) is 0 Å². The Morgan fingerprint density at radius 1 is 1.09 bits per heavy atom. The van der Waals surface area contributed by atoms with Crippen LogP contribution in [0.4, 0.5) is 0 Å². The van der Waals surface area contributed by atoms with Gasteiger partial charge in [-0.15, -0.1) is 11.8 Å². The van der Waals surface area contributed by atoms with Crippen LogP contribution < -0.4 is 4.72 Å². The van der Waals surface area contributed by atoms with E-state index in [1.54, 1.807) is 23.9 Å². The molecule has 0 spiro atoms. The minimum absolute atomic E-state index is 0.177. The molecule has 2 atom stereocenters. The second-order valence-corrected chi connectivity index (χ2v) is 8.51. The summed E-state index contributed by atoms with van der Waals surface area (Å²) in [6.07, 6.45) is 0. The highest BCUT2D eigenvalue weighted by atomic mass is 32.2. The minimum atomic E-state index is -3.51. The molecule has 0 aliphatic carbocycles. The molecule has 1 aliphatic rings. The average molecular weight is 333 g/mol. The van der Waals surface area contributed by atoms with Crippen LogP contribution in [0.15, 0.2) is 58.3 Å². The molecule has 116 valence electrons. The molecule has 0 bridgehead atoms. The van der Waals surface area contributed by atoms with E-state index in [9.17, 15) is 8.42 Å². The molecular weight excluding hydrogens is 314 g/mol. The fourth-order valence-corrected chi connectivity index (χ4v) is 5.12. The molecule has 0 radical (unpaired) electrons. The van der Waals surface area contributed by atoms with Crippen LogP contribution in [-0.2, 0) is 10.0 Å². The van der Waals surface area contributed by atoms with E-state index in [0.29, 0.717) is 4.90 Å². The summed E-state index contributed by atoms with van der Waals surface area (Å²) in [6.45, 7) is 4.03. The summed E-state index contributed by atoms with van der Waals surface area (Å²) >= 11 is 1.79. The highest BCUT2D eigenvalue weighted by molar-refractivity contribution is 7.99. The van der Waals surface area contributed by atoms with Gasteiger partial charge in [-0.2, -0.15) is 0 Å². The Labute approximate surface area is 136 Å². The third-order valence-corrected chi connectivity index (χ3v) is 6.77. The first-order chi connectivity index (χ1) is 10.5. The lowest BCUT2D eigenvalue weighted by molar-refractivity contribution is 0.457. The second kappa shape index (κ2) is 6.07. The quantitative estimate of drug-likeness (QED) is 0.930. The van der Waals surface area contributed by atoms with Gasteiger partial charge in [0, 0.05) is 10.6 Å². The van der Waals surface area contributed by atoms with Crippen molar-refractivity contribution in [3.8, 4) is 0 Å². The first kappa shape index (κ1) is 15.6. The van der Waals surface area contributed by atoms with Crippen molar-refractivity contribution in [3.05, 3.63) is 59.7 Å². The van der Waals surface area contributed by atoms with Crippen LogP contribution in [0.25, 0.3) is 0 Å². The number of fused-ring (bicyclic) bond motifs is 1. The second-order valence-electron chi connectivity index (χ2n) is 5.74. The SMILES string of the molecule is Cc1ccc(S(=O)(=O)NC2c3ccccc3SCC2C)cc1. The summed E-state index contributed by atoms with van der Waals surface area (Å²) < 4.78 is 28.2. The zero-order valence-corrected chi connectivity index (χ0v) is 14.2. The van der Waals surface area contributed by atoms with Crippen LogP contribution in [0, 0.1) is 12.8 Å². The standard InChI is InChI=1S/C17H19NO2S2/c1-12-7-9-14(10-8-12)22(19,20)18-17-13(2)11-21-16-6-4-3-5-15(16)17/h3-10,13,17-18H,11H2,1-2H3. The van der Waals surface area contributed by atoms with E-state index >= 15 is 0 Å². The van der Waals surface area contributed by atoms with Gasteiger partial charge in [0.05, 0.1) is 10.9 Å². The van der Waals surface area contributed by atoms with Crippen LogP contribution in [0.2, 0.25) is 0 Å². The molecule has 3 nitrogen and oxygen atoms in total. The number of hydrogen-bond acceptors (Lipinski definition) is 3. The van der Waals surface area contributed by atoms with Crippen molar-refractivity contribution in [2.45, 2.75) is 29.7 Å². The summed E-state index contributed by atoms with van der Waals surface area (Å²) in [4.78, 5) is 1.48. The monoisotopic (exact) mass is 333 g/mol. The molecular formula is C17H19NO2S2. The van der Waals surface area contributed by atoms with Crippen molar-refractivity contribution >= 4 is 21.8 Å². The number of sulfonamides is 1. The van der Waals surface area contributed by atoms with Gasteiger partial charge < -0.3 is 0 Å². The van der Waals surface area contributed by atoms with Crippen LogP contribution in [0.3, 0.4) is 0 Å². The Bertz CT molecular complexity index is 770. The molecule has 5 heteroatoms. The molecule has 2 aromatic rings. The number of nitrogens with one attached hydrogen (secondary N) is 1. The number of hydrogen-bond donors (Lipinski definition) is 1. The fraction of sp³-hybridized carbons (Fsp3) is 0.294. The molecule has 0 aromatic heterocycles. The van der Waals surface area contributed by atoms with E-state index in [-0.39, 0.29) is 12.0 Å². The van der Waals surface area contributed by atoms with Gasteiger partial charge >= 0.3 is 0 Å². The van der Waals surface area contributed by atoms with Crippen molar-refractivity contribution in [2.75, 3.05) is 5.75 Å². The average Bonchev–Trinajstić information content (AvgIpc) is 2.50. The molecule has 3 rings (SSSR count). The highest BCUT2D eigenvalue weighted by Gasteiger charge is 2.30. The molecule has 0 fully saturated rings. The van der Waals surface area contributed by atoms with E-state index in [4.69, 9.17) is 0 Å². The number of benzene rings is 2. The van der Waals surface area contributed by atoms with Crippen molar-refractivity contribution < 1.29 is 8.42 Å². The summed E-state index contributed by atoms with van der Waals surface area (Å²) in [5, 5.41) is 0. The van der Waals surface area contributed by atoms with Crippen LogP contribution in [0.5, 0.6) is 0 Å². The van der Waals surface area contributed by atoms with Gasteiger partial charge in [-0.05, 0) is 36.6 Å². The largest absolute Gasteiger partial charge is 0.241 e. The molecule has 1 aliphatic heterocycles. The minimum Gasteiger partial charge on any atom is -0.207 e. The Kier molecular flexibility index (Phi) is 4.30. The molecule has 0 saturated heterocycles. The highest BCUT2D eigenvalue weighted by Crippen LogP contribution is 2.39. The summed E-state index contributed by atoms with van der Waals surface area (Å²) in [6, 6.07) is 14.8. The summed E-state index contributed by atoms with van der Waals surface area (Å²) in [7, 11) is -3.51. The van der Waals surface area contributed by atoms with E-state index in [1.165, 1.54) is 0 Å². The maximum atomic E-state index is 12.6. The maximum absolute atomic E-state index is 12.6. The Balaban J connectivity index is 1.93. The Morgan fingerprint density at radius 3 is 2.50 bits per heavy atom. The van der Waals surface area contributed by atoms with Crippen LogP contribution in [0.1, 0.15) is 24.1 Å². The lowest BCUT2D eigenvalue weighted by atomic mass is 9.96. The molecule has 1 heterocycles. The lowest BCUT2D eigenvalue weighted by Crippen LogP contribution is -2.35. The predicted octanol–water partition coefficient (Wildman–Crippen LogP) is 3.76. The number of aryl methyl sites for hydroxylation is 1. The molecule has 22 heavy (non-hydrogen) atoms. The third kappa shape index (κ3) is 3.07.